The lowest BCUT2D eigenvalue weighted by molar-refractivity contribution is -0.166. The van der Waals surface area contributed by atoms with E-state index in [2.05, 4.69) is 27.9 Å². The van der Waals surface area contributed by atoms with Gasteiger partial charge in [-0.15, -0.1) is 0 Å². The van der Waals surface area contributed by atoms with Gasteiger partial charge < -0.3 is 14.2 Å². The van der Waals surface area contributed by atoms with Gasteiger partial charge in [0.2, 0.25) is 5.54 Å². The monoisotopic (exact) mass is 525 g/mol. The van der Waals surface area contributed by atoms with Gasteiger partial charge in [-0.1, -0.05) is 11.6 Å². The highest BCUT2D eigenvalue weighted by Crippen LogP contribution is 2.24. The van der Waals surface area contributed by atoms with Crippen LogP contribution in [0.5, 0.6) is 0 Å². The molecule has 0 radical (unpaired) electrons. The van der Waals surface area contributed by atoms with Crippen molar-refractivity contribution in [1.82, 2.24) is 5.32 Å². The molecule has 28 heavy (non-hydrogen) atoms. The maximum Gasteiger partial charge on any atom is 0.409 e. The predicted octanol–water partition coefficient (Wildman–Crippen LogP) is 3.88. The van der Waals surface area contributed by atoms with Crippen LogP contribution in [0.15, 0.2) is 18.2 Å². The molecule has 156 valence electrons. The van der Waals surface area contributed by atoms with Crippen molar-refractivity contribution >= 4 is 52.2 Å². The molecule has 9 heteroatoms. The quantitative estimate of drug-likeness (QED) is 0.251. The summed E-state index contributed by atoms with van der Waals surface area (Å²) in [4.78, 5) is 38.1. The Labute approximate surface area is 183 Å². The first-order chi connectivity index (χ1) is 12.9. The summed E-state index contributed by atoms with van der Waals surface area (Å²) in [5.74, 6) is -1.87. The van der Waals surface area contributed by atoms with E-state index in [1.165, 1.54) is 0 Å². The Hall–Kier alpha value is -1.55. The summed E-state index contributed by atoms with van der Waals surface area (Å²) in [5, 5.41) is 2.82. The van der Waals surface area contributed by atoms with E-state index in [1.807, 2.05) is 0 Å². The Morgan fingerprint density at radius 1 is 1.04 bits per heavy atom. The molecule has 0 bridgehead atoms. The third-order valence-electron chi connectivity index (χ3n) is 3.35. The number of alkyl carbamates (subject to hydrolysis) is 1. The van der Waals surface area contributed by atoms with Gasteiger partial charge >= 0.3 is 18.0 Å². The fourth-order valence-electron chi connectivity index (χ4n) is 2.38. The van der Waals surface area contributed by atoms with Gasteiger partial charge in [-0.2, -0.15) is 0 Å². The van der Waals surface area contributed by atoms with Gasteiger partial charge in [0.25, 0.3) is 0 Å². The minimum absolute atomic E-state index is 0.0169. The van der Waals surface area contributed by atoms with Gasteiger partial charge in [-0.25, -0.2) is 14.4 Å². The maximum atomic E-state index is 12.8. The zero-order valence-corrected chi connectivity index (χ0v) is 19.5. The van der Waals surface area contributed by atoms with Crippen molar-refractivity contribution in [2.24, 2.45) is 0 Å². The van der Waals surface area contributed by atoms with Crippen molar-refractivity contribution in [2.75, 3.05) is 13.2 Å². The molecule has 0 heterocycles. The van der Waals surface area contributed by atoms with Crippen molar-refractivity contribution in [3.63, 3.8) is 0 Å². The van der Waals surface area contributed by atoms with Gasteiger partial charge in [0, 0.05) is 15.0 Å². The molecule has 1 rings (SSSR count). The number of benzene rings is 1. The normalized spacial score (nSPS) is 11.5. The molecule has 0 aromatic heterocycles. The molecule has 0 unspecified atom stereocenters. The zero-order chi connectivity index (χ0) is 21.5. The largest absolute Gasteiger partial charge is 0.464 e. The molecule has 0 saturated carbocycles. The highest BCUT2D eigenvalue weighted by atomic mass is 127. The lowest BCUT2D eigenvalue weighted by Gasteiger charge is -2.31. The van der Waals surface area contributed by atoms with E-state index in [-0.39, 0.29) is 19.6 Å². The first-order valence-electron chi connectivity index (χ1n) is 8.74. The smallest absolute Gasteiger partial charge is 0.409 e. The summed E-state index contributed by atoms with van der Waals surface area (Å²) in [5.41, 5.74) is -2.39. The summed E-state index contributed by atoms with van der Waals surface area (Å²) < 4.78 is 16.2. The van der Waals surface area contributed by atoms with E-state index in [0.717, 1.165) is 3.57 Å². The lowest BCUT2D eigenvalue weighted by atomic mass is 9.90. The Morgan fingerprint density at radius 2 is 1.57 bits per heavy atom. The van der Waals surface area contributed by atoms with Crippen LogP contribution in [0.3, 0.4) is 0 Å². The van der Waals surface area contributed by atoms with Gasteiger partial charge in [-0.3, -0.25) is 5.32 Å². The molecule has 1 aromatic carbocycles. The second-order valence-corrected chi connectivity index (χ2v) is 8.61. The number of rotatable bonds is 7. The molecule has 0 aliphatic rings. The molecule has 0 fully saturated rings. The summed E-state index contributed by atoms with van der Waals surface area (Å²) >= 11 is 8.17. The summed E-state index contributed by atoms with van der Waals surface area (Å²) in [6.07, 6.45) is -1.15. The van der Waals surface area contributed by atoms with Gasteiger partial charge in [0.05, 0.1) is 13.2 Å². The number of amides is 1. The number of halogens is 2. The van der Waals surface area contributed by atoms with E-state index in [9.17, 15) is 14.4 Å². The molecule has 0 spiro atoms. The van der Waals surface area contributed by atoms with Crippen molar-refractivity contribution in [3.05, 3.63) is 32.4 Å². The van der Waals surface area contributed by atoms with Crippen LogP contribution in [-0.4, -0.2) is 42.4 Å². The Kier molecular flexibility index (Phi) is 9.00. The second-order valence-electron chi connectivity index (χ2n) is 6.93. The van der Waals surface area contributed by atoms with E-state index in [1.54, 1.807) is 52.8 Å². The number of hydrogen-bond donors (Lipinski definition) is 1. The van der Waals surface area contributed by atoms with Crippen LogP contribution in [0.2, 0.25) is 5.02 Å². The molecular weight excluding hydrogens is 501 g/mol. The minimum atomic E-state index is -2.11. The predicted molar refractivity (Wildman–Crippen MR) is 113 cm³/mol. The average molecular weight is 526 g/mol. The second kappa shape index (κ2) is 10.3. The van der Waals surface area contributed by atoms with E-state index < -0.39 is 29.2 Å². The number of hydrogen-bond acceptors (Lipinski definition) is 6. The van der Waals surface area contributed by atoms with E-state index in [0.29, 0.717) is 10.6 Å². The molecule has 1 N–H and O–H groups in total. The Morgan fingerprint density at radius 3 is 2.00 bits per heavy atom. The minimum Gasteiger partial charge on any atom is -0.464 e. The van der Waals surface area contributed by atoms with Crippen molar-refractivity contribution in [3.8, 4) is 0 Å². The summed E-state index contributed by atoms with van der Waals surface area (Å²) in [6, 6.07) is 5.08. The number of esters is 2. The average Bonchev–Trinajstić information content (AvgIpc) is 2.51. The van der Waals surface area contributed by atoms with Crippen LogP contribution in [-0.2, 0) is 30.2 Å². The van der Waals surface area contributed by atoms with Crippen LogP contribution >= 0.6 is 34.2 Å². The zero-order valence-electron chi connectivity index (χ0n) is 16.6. The van der Waals surface area contributed by atoms with E-state index in [4.69, 9.17) is 25.8 Å². The van der Waals surface area contributed by atoms with Gasteiger partial charge in [-0.05, 0) is 81.0 Å². The first-order valence-corrected chi connectivity index (χ1v) is 10.2. The molecular formula is C19H25ClINO6. The third-order valence-corrected chi connectivity index (χ3v) is 4.19. The molecule has 7 nitrogen and oxygen atoms in total. The van der Waals surface area contributed by atoms with Gasteiger partial charge in [0.15, 0.2) is 0 Å². The fraction of sp³-hybridized carbons (Fsp3) is 0.526. The van der Waals surface area contributed by atoms with Crippen molar-refractivity contribution in [2.45, 2.75) is 52.2 Å². The Balaban J connectivity index is 3.43. The topological polar surface area (TPSA) is 90.9 Å². The van der Waals surface area contributed by atoms with Crippen LogP contribution in [0.25, 0.3) is 0 Å². The lowest BCUT2D eigenvalue weighted by Crippen LogP contribution is -2.63. The van der Waals surface area contributed by atoms with Crippen molar-refractivity contribution < 1.29 is 28.6 Å². The highest BCUT2D eigenvalue weighted by Gasteiger charge is 2.51. The standard InChI is InChI=1S/C19H25ClINO6/c1-6-26-15(23)19(16(24)27-7-2,22-17(25)28-18(3,4)5)11-12-8-13(20)10-14(21)9-12/h8-10H,6-7,11H2,1-5H3,(H,22,25). The number of nitrogens with one attached hydrogen (secondary N) is 1. The van der Waals surface area contributed by atoms with Crippen LogP contribution in [0, 0.1) is 3.57 Å². The first kappa shape index (κ1) is 24.5. The summed E-state index contributed by atoms with van der Waals surface area (Å²) in [7, 11) is 0. The van der Waals surface area contributed by atoms with Crippen LogP contribution in [0.4, 0.5) is 4.79 Å². The number of carbonyl (C=O) groups excluding carboxylic acids is 3. The SMILES string of the molecule is CCOC(=O)C(Cc1cc(Cl)cc(I)c1)(NC(=O)OC(C)(C)C)C(=O)OCC. The molecule has 1 aromatic rings. The number of carbonyl (C=O) groups is 3. The summed E-state index contributed by atoms with van der Waals surface area (Å²) in [6.45, 7) is 8.24. The molecule has 0 atom stereocenters. The molecule has 0 aliphatic carbocycles. The molecule has 0 aliphatic heterocycles. The fourth-order valence-corrected chi connectivity index (χ4v) is 3.56. The highest BCUT2D eigenvalue weighted by molar-refractivity contribution is 14.1. The number of ether oxygens (including phenoxy) is 3. The maximum absolute atomic E-state index is 12.8. The van der Waals surface area contributed by atoms with Crippen molar-refractivity contribution in [1.29, 1.82) is 0 Å². The van der Waals surface area contributed by atoms with Crippen LogP contribution < -0.4 is 5.32 Å². The Bertz CT molecular complexity index is 693. The molecule has 0 saturated heterocycles. The third kappa shape index (κ3) is 7.12. The van der Waals surface area contributed by atoms with E-state index >= 15 is 0 Å². The molecule has 1 amide bonds. The van der Waals surface area contributed by atoms with Gasteiger partial charge in [0.1, 0.15) is 5.60 Å². The van der Waals surface area contributed by atoms with Crippen LogP contribution in [0.1, 0.15) is 40.2 Å².